The minimum Gasteiger partial charge on any atom is -0.427 e. The Bertz CT molecular complexity index is 623. The maximum Gasteiger partial charge on any atom is 0.298 e. The summed E-state index contributed by atoms with van der Waals surface area (Å²) >= 11 is 0. The maximum atomic E-state index is 10.8. The van der Waals surface area contributed by atoms with E-state index < -0.39 is 0 Å². The molecule has 5 heteroatoms. The third-order valence-corrected chi connectivity index (χ3v) is 6.73. The van der Waals surface area contributed by atoms with Crippen molar-refractivity contribution < 1.29 is 9.53 Å². The lowest BCUT2D eigenvalue weighted by atomic mass is 9.94. The molecule has 1 aromatic rings. The standard InChI is InChI=1S/C24H39N3O2/c1-3-21-11-12-24(29-20-28)23(19-21)25(2)13-7-8-14-26-15-17-27(18-16-26)22-9-5-4-6-10-22/h11-12,19-20,22H,3-10,13-18H2,1-2H3. The zero-order valence-electron chi connectivity index (χ0n) is 18.4. The van der Waals surface area contributed by atoms with E-state index in [1.165, 1.54) is 76.8 Å². The number of carbonyl (C=O) groups excluding carboxylic acids is 1. The molecule has 0 unspecified atom stereocenters. The predicted molar refractivity (Wildman–Crippen MR) is 120 cm³/mol. The number of anilines is 1. The van der Waals surface area contributed by atoms with Crippen LogP contribution < -0.4 is 9.64 Å². The number of unbranched alkanes of at least 4 members (excludes halogenated alkanes) is 1. The summed E-state index contributed by atoms with van der Waals surface area (Å²) in [4.78, 5) is 18.4. The normalized spacial score (nSPS) is 19.2. The number of rotatable bonds is 10. The van der Waals surface area contributed by atoms with E-state index in [2.05, 4.69) is 34.7 Å². The van der Waals surface area contributed by atoms with Crippen molar-refractivity contribution in [1.82, 2.24) is 9.80 Å². The van der Waals surface area contributed by atoms with E-state index in [9.17, 15) is 4.79 Å². The van der Waals surface area contributed by atoms with Crippen LogP contribution in [0.5, 0.6) is 5.75 Å². The topological polar surface area (TPSA) is 36.0 Å². The Morgan fingerprint density at radius 3 is 2.55 bits per heavy atom. The second-order valence-corrected chi connectivity index (χ2v) is 8.67. The van der Waals surface area contributed by atoms with Crippen molar-refractivity contribution in [2.75, 3.05) is 51.2 Å². The molecule has 0 radical (unpaired) electrons. The van der Waals surface area contributed by atoms with E-state index in [4.69, 9.17) is 4.74 Å². The van der Waals surface area contributed by atoms with Crippen LogP contribution in [0.3, 0.4) is 0 Å². The number of hydrogen-bond donors (Lipinski definition) is 0. The predicted octanol–water partition coefficient (Wildman–Crippen LogP) is 3.95. The Kier molecular flexibility index (Phi) is 8.81. The second-order valence-electron chi connectivity index (χ2n) is 8.67. The van der Waals surface area contributed by atoms with Gasteiger partial charge in [-0.25, -0.2) is 0 Å². The van der Waals surface area contributed by atoms with E-state index in [0.717, 1.165) is 31.1 Å². The summed E-state index contributed by atoms with van der Waals surface area (Å²) in [5, 5.41) is 0. The number of nitrogens with zero attached hydrogens (tertiary/aromatic N) is 3. The van der Waals surface area contributed by atoms with Crippen LogP contribution in [-0.2, 0) is 11.2 Å². The molecule has 1 saturated heterocycles. The molecule has 2 aliphatic rings. The van der Waals surface area contributed by atoms with Crippen LogP contribution in [0.15, 0.2) is 18.2 Å². The van der Waals surface area contributed by atoms with Gasteiger partial charge in [0.15, 0.2) is 5.75 Å². The van der Waals surface area contributed by atoms with Crippen LogP contribution in [0.4, 0.5) is 5.69 Å². The van der Waals surface area contributed by atoms with E-state index in [0.29, 0.717) is 12.2 Å². The number of benzene rings is 1. The van der Waals surface area contributed by atoms with Gasteiger partial charge in [-0.05, 0) is 56.3 Å². The van der Waals surface area contributed by atoms with Crippen molar-refractivity contribution in [3.63, 3.8) is 0 Å². The molecule has 1 aromatic carbocycles. The molecule has 1 aliphatic carbocycles. The summed E-state index contributed by atoms with van der Waals surface area (Å²) in [7, 11) is 2.09. The Hall–Kier alpha value is -1.59. The highest BCUT2D eigenvalue weighted by molar-refractivity contribution is 5.63. The third-order valence-electron chi connectivity index (χ3n) is 6.73. The summed E-state index contributed by atoms with van der Waals surface area (Å²) in [6.45, 7) is 9.79. The molecule has 5 nitrogen and oxygen atoms in total. The zero-order chi connectivity index (χ0) is 20.5. The van der Waals surface area contributed by atoms with E-state index in [1.54, 1.807) is 0 Å². The lowest BCUT2D eigenvalue weighted by Gasteiger charge is -2.40. The molecule has 162 valence electrons. The molecule has 3 rings (SSSR count). The van der Waals surface area contributed by atoms with Gasteiger partial charge >= 0.3 is 0 Å². The zero-order valence-corrected chi connectivity index (χ0v) is 18.4. The summed E-state index contributed by atoms with van der Waals surface area (Å²) < 4.78 is 5.18. The van der Waals surface area contributed by atoms with Crippen LogP contribution >= 0.6 is 0 Å². The molecule has 1 aliphatic heterocycles. The number of aryl methyl sites for hydroxylation is 1. The Labute approximate surface area is 177 Å². The van der Waals surface area contributed by atoms with Gasteiger partial charge in [0.05, 0.1) is 5.69 Å². The quantitative estimate of drug-likeness (QED) is 0.438. The average molecular weight is 402 g/mol. The lowest BCUT2D eigenvalue weighted by Crippen LogP contribution is -2.50. The van der Waals surface area contributed by atoms with Crippen molar-refractivity contribution in [2.24, 2.45) is 0 Å². The molecule has 29 heavy (non-hydrogen) atoms. The van der Waals surface area contributed by atoms with Gasteiger partial charge in [0.1, 0.15) is 0 Å². The van der Waals surface area contributed by atoms with Crippen LogP contribution in [0.2, 0.25) is 0 Å². The van der Waals surface area contributed by atoms with Crippen LogP contribution in [-0.4, -0.2) is 68.6 Å². The maximum absolute atomic E-state index is 10.8. The fourth-order valence-corrected chi connectivity index (χ4v) is 4.84. The van der Waals surface area contributed by atoms with Crippen molar-refractivity contribution in [2.45, 2.75) is 64.3 Å². The Morgan fingerprint density at radius 2 is 1.86 bits per heavy atom. The van der Waals surface area contributed by atoms with Crippen LogP contribution in [0.1, 0.15) is 57.4 Å². The molecule has 0 amide bonds. The first-order chi connectivity index (χ1) is 14.2. The highest BCUT2D eigenvalue weighted by Gasteiger charge is 2.24. The first-order valence-electron chi connectivity index (χ1n) is 11.6. The van der Waals surface area contributed by atoms with E-state index in [1.807, 2.05) is 12.1 Å². The SMILES string of the molecule is CCc1ccc(OC=O)c(N(C)CCCCN2CCN(C3CCCCC3)CC2)c1. The van der Waals surface area contributed by atoms with Gasteiger partial charge in [0.25, 0.3) is 6.47 Å². The molecular weight excluding hydrogens is 362 g/mol. The largest absolute Gasteiger partial charge is 0.427 e. The average Bonchev–Trinajstić information content (AvgIpc) is 2.78. The van der Waals surface area contributed by atoms with Gasteiger partial charge in [-0.1, -0.05) is 32.3 Å². The van der Waals surface area contributed by atoms with E-state index >= 15 is 0 Å². The summed E-state index contributed by atoms with van der Waals surface area (Å²) in [6, 6.07) is 6.94. The van der Waals surface area contributed by atoms with Gasteiger partial charge in [0, 0.05) is 45.8 Å². The molecule has 0 atom stereocenters. The van der Waals surface area contributed by atoms with Gasteiger partial charge in [-0.3, -0.25) is 9.69 Å². The van der Waals surface area contributed by atoms with Crippen LogP contribution in [0.25, 0.3) is 0 Å². The fourth-order valence-electron chi connectivity index (χ4n) is 4.84. The third kappa shape index (κ3) is 6.45. The lowest BCUT2D eigenvalue weighted by molar-refractivity contribution is -0.120. The molecular formula is C24H39N3O2. The summed E-state index contributed by atoms with van der Waals surface area (Å²) in [5.41, 5.74) is 2.28. The number of carbonyl (C=O) groups is 1. The van der Waals surface area contributed by atoms with Crippen molar-refractivity contribution >= 4 is 12.2 Å². The highest BCUT2D eigenvalue weighted by Crippen LogP contribution is 2.29. The summed E-state index contributed by atoms with van der Waals surface area (Å²) in [6.07, 6.45) is 10.5. The van der Waals surface area contributed by atoms with Gasteiger partial charge in [-0.2, -0.15) is 0 Å². The molecule has 0 spiro atoms. The van der Waals surface area contributed by atoms with Crippen molar-refractivity contribution in [3.8, 4) is 5.75 Å². The van der Waals surface area contributed by atoms with Crippen LogP contribution in [0, 0.1) is 0 Å². The minimum absolute atomic E-state index is 0.519. The molecule has 0 N–H and O–H groups in total. The van der Waals surface area contributed by atoms with Crippen molar-refractivity contribution in [3.05, 3.63) is 23.8 Å². The first-order valence-corrected chi connectivity index (χ1v) is 11.6. The second kappa shape index (κ2) is 11.6. The highest BCUT2D eigenvalue weighted by atomic mass is 16.5. The Morgan fingerprint density at radius 1 is 1.10 bits per heavy atom. The summed E-state index contributed by atoms with van der Waals surface area (Å²) in [5.74, 6) is 0.651. The minimum atomic E-state index is 0.519. The van der Waals surface area contributed by atoms with Gasteiger partial charge in [0.2, 0.25) is 0 Å². The van der Waals surface area contributed by atoms with Gasteiger partial charge in [-0.15, -0.1) is 0 Å². The number of ether oxygens (including phenoxy) is 1. The number of hydrogen-bond acceptors (Lipinski definition) is 5. The van der Waals surface area contributed by atoms with E-state index in [-0.39, 0.29) is 0 Å². The smallest absolute Gasteiger partial charge is 0.298 e. The van der Waals surface area contributed by atoms with Crippen molar-refractivity contribution in [1.29, 1.82) is 0 Å². The Balaban J connectivity index is 1.38. The monoisotopic (exact) mass is 401 g/mol. The first kappa shape index (κ1) is 22.1. The fraction of sp³-hybridized carbons (Fsp3) is 0.708. The number of piperazine rings is 1. The molecule has 1 heterocycles. The molecule has 0 bridgehead atoms. The molecule has 0 aromatic heterocycles. The van der Waals surface area contributed by atoms with Gasteiger partial charge < -0.3 is 14.5 Å². The molecule has 2 fully saturated rings. The molecule has 1 saturated carbocycles.